The lowest BCUT2D eigenvalue weighted by Crippen LogP contribution is -2.45. The van der Waals surface area contributed by atoms with Crippen molar-refractivity contribution < 1.29 is 4.74 Å². The van der Waals surface area contributed by atoms with Gasteiger partial charge in [0, 0.05) is 31.7 Å². The summed E-state index contributed by atoms with van der Waals surface area (Å²) in [5.74, 6) is 0.899. The fourth-order valence-corrected chi connectivity index (χ4v) is 3.04. The van der Waals surface area contributed by atoms with Crippen LogP contribution in [0.4, 0.5) is 0 Å². The predicted molar refractivity (Wildman–Crippen MR) is 83.1 cm³/mol. The second-order valence-corrected chi connectivity index (χ2v) is 5.76. The molecule has 0 spiro atoms. The van der Waals surface area contributed by atoms with E-state index in [1.54, 1.807) is 7.11 Å². The number of ether oxygens (including phenoxy) is 1. The first-order valence-corrected chi connectivity index (χ1v) is 7.40. The number of benzene rings is 1. The van der Waals surface area contributed by atoms with Gasteiger partial charge < -0.3 is 15.4 Å². The molecule has 2 rings (SSSR count). The van der Waals surface area contributed by atoms with Crippen molar-refractivity contribution in [3.05, 3.63) is 29.8 Å². The molecule has 1 fully saturated rings. The highest BCUT2D eigenvalue weighted by Crippen LogP contribution is 2.26. The summed E-state index contributed by atoms with van der Waals surface area (Å²) in [6.45, 7) is 2.91. The van der Waals surface area contributed by atoms with E-state index >= 15 is 0 Å². The first kappa shape index (κ1) is 15.3. The molecule has 20 heavy (non-hydrogen) atoms. The van der Waals surface area contributed by atoms with Crippen molar-refractivity contribution in [1.29, 1.82) is 0 Å². The molecule has 0 aliphatic carbocycles. The zero-order chi connectivity index (χ0) is 14.5. The Morgan fingerprint density at radius 2 is 1.85 bits per heavy atom. The smallest absolute Gasteiger partial charge is 0.118 e. The van der Waals surface area contributed by atoms with Gasteiger partial charge in [-0.25, -0.2) is 0 Å². The van der Waals surface area contributed by atoms with Crippen LogP contribution in [0.3, 0.4) is 0 Å². The summed E-state index contributed by atoms with van der Waals surface area (Å²) >= 11 is 0. The number of hydrogen-bond donors (Lipinski definition) is 1. The van der Waals surface area contributed by atoms with Crippen LogP contribution in [0.5, 0.6) is 5.75 Å². The molecule has 112 valence electrons. The minimum absolute atomic E-state index is 0.323. The lowest BCUT2D eigenvalue weighted by molar-refractivity contribution is 0.111. The average molecular weight is 277 g/mol. The van der Waals surface area contributed by atoms with E-state index in [2.05, 4.69) is 36.0 Å². The van der Waals surface area contributed by atoms with E-state index in [-0.39, 0.29) is 0 Å². The first-order valence-electron chi connectivity index (χ1n) is 7.40. The number of likely N-dealkylation sites (tertiary alicyclic amines) is 1. The van der Waals surface area contributed by atoms with Crippen molar-refractivity contribution in [2.75, 3.05) is 40.8 Å². The van der Waals surface area contributed by atoms with Gasteiger partial charge in [-0.15, -0.1) is 0 Å². The first-order chi connectivity index (χ1) is 9.65. The van der Waals surface area contributed by atoms with Gasteiger partial charge in [0.15, 0.2) is 0 Å². The summed E-state index contributed by atoms with van der Waals surface area (Å²) in [5.41, 5.74) is 7.31. The van der Waals surface area contributed by atoms with Gasteiger partial charge in [0.1, 0.15) is 5.75 Å². The average Bonchev–Trinajstić information content (AvgIpc) is 2.49. The van der Waals surface area contributed by atoms with Gasteiger partial charge in [-0.2, -0.15) is 0 Å². The predicted octanol–water partition coefficient (Wildman–Crippen LogP) is 1.72. The Bertz CT molecular complexity index is 397. The van der Waals surface area contributed by atoms with Gasteiger partial charge in [-0.1, -0.05) is 12.1 Å². The van der Waals surface area contributed by atoms with E-state index in [4.69, 9.17) is 10.5 Å². The minimum Gasteiger partial charge on any atom is -0.497 e. The Labute approximate surface area is 122 Å². The van der Waals surface area contributed by atoms with Crippen molar-refractivity contribution in [2.24, 2.45) is 5.73 Å². The number of rotatable bonds is 5. The summed E-state index contributed by atoms with van der Waals surface area (Å²) < 4.78 is 5.22. The van der Waals surface area contributed by atoms with Gasteiger partial charge in [-0.05, 0) is 44.6 Å². The molecule has 1 unspecified atom stereocenters. The molecule has 0 saturated carbocycles. The second-order valence-electron chi connectivity index (χ2n) is 5.76. The maximum Gasteiger partial charge on any atom is 0.118 e. The lowest BCUT2D eigenvalue weighted by atomic mass is 9.98. The third-order valence-corrected chi connectivity index (χ3v) is 4.39. The van der Waals surface area contributed by atoms with E-state index in [0.29, 0.717) is 18.6 Å². The van der Waals surface area contributed by atoms with Crippen molar-refractivity contribution in [3.63, 3.8) is 0 Å². The quantitative estimate of drug-likeness (QED) is 0.890. The Balaban J connectivity index is 2.01. The van der Waals surface area contributed by atoms with Crippen LogP contribution in [0.1, 0.15) is 24.4 Å². The highest BCUT2D eigenvalue weighted by atomic mass is 16.5. The normalized spacial score (nSPS) is 19.2. The van der Waals surface area contributed by atoms with Crippen LogP contribution in [0, 0.1) is 0 Å². The standard InChI is InChI=1S/C16H27N3O/c1-18(2)14-8-10-19(11-9-14)16(12-17)13-4-6-15(20-3)7-5-13/h4-7,14,16H,8-12,17H2,1-3H3. The molecule has 1 aliphatic rings. The summed E-state index contributed by atoms with van der Waals surface area (Å²) in [7, 11) is 6.04. The zero-order valence-corrected chi connectivity index (χ0v) is 12.9. The number of piperidine rings is 1. The summed E-state index contributed by atoms with van der Waals surface area (Å²) in [4.78, 5) is 4.85. The molecule has 4 nitrogen and oxygen atoms in total. The SMILES string of the molecule is COc1ccc(C(CN)N2CCC(N(C)C)CC2)cc1. The molecular weight excluding hydrogens is 250 g/mol. The maximum absolute atomic E-state index is 6.02. The Kier molecular flexibility index (Phi) is 5.40. The van der Waals surface area contributed by atoms with Crippen LogP contribution in [-0.2, 0) is 0 Å². The number of nitrogens with two attached hydrogens (primary N) is 1. The summed E-state index contributed by atoms with van der Waals surface area (Å²) in [6.07, 6.45) is 2.44. The number of methoxy groups -OCH3 is 1. The van der Waals surface area contributed by atoms with Crippen LogP contribution < -0.4 is 10.5 Å². The number of hydrogen-bond acceptors (Lipinski definition) is 4. The van der Waals surface area contributed by atoms with E-state index in [1.165, 1.54) is 18.4 Å². The molecule has 1 atom stereocenters. The van der Waals surface area contributed by atoms with Crippen LogP contribution in [0.2, 0.25) is 0 Å². The number of nitrogens with zero attached hydrogens (tertiary/aromatic N) is 2. The van der Waals surface area contributed by atoms with E-state index in [9.17, 15) is 0 Å². The fraction of sp³-hybridized carbons (Fsp3) is 0.625. The van der Waals surface area contributed by atoms with Gasteiger partial charge >= 0.3 is 0 Å². The molecule has 0 bridgehead atoms. The van der Waals surface area contributed by atoms with Gasteiger partial charge in [0.25, 0.3) is 0 Å². The Morgan fingerprint density at radius 1 is 1.25 bits per heavy atom. The largest absolute Gasteiger partial charge is 0.497 e. The molecule has 1 aliphatic heterocycles. The zero-order valence-electron chi connectivity index (χ0n) is 12.9. The second kappa shape index (κ2) is 7.07. The van der Waals surface area contributed by atoms with Crippen molar-refractivity contribution in [3.8, 4) is 5.75 Å². The van der Waals surface area contributed by atoms with E-state index in [1.807, 2.05) is 12.1 Å². The van der Waals surface area contributed by atoms with Crippen LogP contribution >= 0.6 is 0 Å². The molecule has 0 radical (unpaired) electrons. The molecule has 1 aromatic rings. The lowest BCUT2D eigenvalue weighted by Gasteiger charge is -2.39. The third-order valence-electron chi connectivity index (χ3n) is 4.39. The van der Waals surface area contributed by atoms with Crippen molar-refractivity contribution in [2.45, 2.75) is 24.9 Å². The van der Waals surface area contributed by atoms with Crippen molar-refractivity contribution >= 4 is 0 Å². The van der Waals surface area contributed by atoms with E-state index in [0.717, 1.165) is 18.8 Å². The topological polar surface area (TPSA) is 41.7 Å². The van der Waals surface area contributed by atoms with Gasteiger partial charge in [0.05, 0.1) is 7.11 Å². The molecule has 0 amide bonds. The summed E-state index contributed by atoms with van der Waals surface area (Å²) in [6, 6.07) is 9.34. The minimum atomic E-state index is 0.323. The molecule has 2 N–H and O–H groups in total. The van der Waals surface area contributed by atoms with Crippen LogP contribution in [0.15, 0.2) is 24.3 Å². The molecule has 1 saturated heterocycles. The van der Waals surface area contributed by atoms with Crippen LogP contribution in [-0.4, -0.2) is 56.7 Å². The van der Waals surface area contributed by atoms with Crippen molar-refractivity contribution in [1.82, 2.24) is 9.80 Å². The van der Waals surface area contributed by atoms with Crippen LogP contribution in [0.25, 0.3) is 0 Å². The highest BCUT2D eigenvalue weighted by molar-refractivity contribution is 5.29. The maximum atomic E-state index is 6.02. The van der Waals surface area contributed by atoms with E-state index < -0.39 is 0 Å². The molecule has 4 heteroatoms. The Hall–Kier alpha value is -1.10. The fourth-order valence-electron chi connectivity index (χ4n) is 3.04. The van der Waals surface area contributed by atoms with Gasteiger partial charge in [0.2, 0.25) is 0 Å². The summed E-state index contributed by atoms with van der Waals surface area (Å²) in [5, 5.41) is 0. The third kappa shape index (κ3) is 3.51. The highest BCUT2D eigenvalue weighted by Gasteiger charge is 2.26. The molecule has 1 aromatic carbocycles. The monoisotopic (exact) mass is 277 g/mol. The molecular formula is C16H27N3O. The van der Waals surface area contributed by atoms with Gasteiger partial charge in [-0.3, -0.25) is 4.90 Å². The molecule has 1 heterocycles. The molecule has 0 aromatic heterocycles. The Morgan fingerprint density at radius 3 is 2.30 bits per heavy atom.